The summed E-state index contributed by atoms with van der Waals surface area (Å²) in [5, 5.41) is 6.89. The van der Waals surface area contributed by atoms with Gasteiger partial charge < -0.3 is 15.4 Å². The number of hydrogen-bond donors (Lipinski definition) is 2. The van der Waals surface area contributed by atoms with E-state index in [0.717, 1.165) is 27.2 Å². The summed E-state index contributed by atoms with van der Waals surface area (Å²) in [5.74, 6) is 0.535. The first-order valence-electron chi connectivity index (χ1n) is 8.25. The molecule has 0 aliphatic rings. The van der Waals surface area contributed by atoms with Crippen molar-refractivity contribution in [3.8, 4) is 16.3 Å². The Morgan fingerprint density at radius 2 is 2.08 bits per heavy atom. The predicted octanol–water partition coefficient (Wildman–Crippen LogP) is 4.59. The SMILES string of the molecule is CCCC(=O)NC(=S)Nc1cc(-c2nc3ccccc3s2)ccc1OC. The molecule has 0 atom stereocenters. The first-order valence-corrected chi connectivity index (χ1v) is 9.48. The number of ether oxygens (including phenoxy) is 1. The number of rotatable bonds is 5. The third kappa shape index (κ3) is 4.17. The average molecular weight is 386 g/mol. The fourth-order valence-electron chi connectivity index (χ4n) is 2.50. The normalized spacial score (nSPS) is 10.5. The molecule has 134 valence electrons. The standard InChI is InChI=1S/C19H19N3O2S2/c1-3-6-17(23)22-19(25)21-14-11-12(9-10-15(14)24-2)18-20-13-7-4-5-8-16(13)26-18/h4-5,7-11H,3,6H2,1-2H3,(H2,21,22,23,25). The van der Waals surface area contributed by atoms with Crippen molar-refractivity contribution in [2.45, 2.75) is 19.8 Å². The van der Waals surface area contributed by atoms with E-state index in [9.17, 15) is 4.79 Å². The lowest BCUT2D eigenvalue weighted by Gasteiger charge is -2.13. The number of aromatic nitrogens is 1. The molecule has 0 saturated heterocycles. The molecule has 1 aromatic heterocycles. The van der Waals surface area contributed by atoms with E-state index in [4.69, 9.17) is 17.0 Å². The van der Waals surface area contributed by atoms with Gasteiger partial charge in [0.2, 0.25) is 5.91 Å². The fraction of sp³-hybridized carbons (Fsp3) is 0.211. The Kier molecular flexibility index (Phi) is 5.80. The van der Waals surface area contributed by atoms with Gasteiger partial charge in [0.15, 0.2) is 5.11 Å². The molecule has 5 nitrogen and oxygen atoms in total. The highest BCUT2D eigenvalue weighted by atomic mass is 32.1. The van der Waals surface area contributed by atoms with E-state index in [1.807, 2.05) is 43.3 Å². The first kappa shape index (κ1) is 18.3. The molecule has 0 radical (unpaired) electrons. The number of benzene rings is 2. The van der Waals surface area contributed by atoms with Gasteiger partial charge in [-0.15, -0.1) is 11.3 Å². The summed E-state index contributed by atoms with van der Waals surface area (Å²) in [6, 6.07) is 13.8. The molecule has 2 N–H and O–H groups in total. The fourth-order valence-corrected chi connectivity index (χ4v) is 3.69. The van der Waals surface area contributed by atoms with Gasteiger partial charge in [-0.05, 0) is 49.0 Å². The van der Waals surface area contributed by atoms with E-state index in [0.29, 0.717) is 17.9 Å². The molecule has 0 fully saturated rings. The summed E-state index contributed by atoms with van der Waals surface area (Å²) in [7, 11) is 1.59. The second-order valence-corrected chi connectivity index (χ2v) is 7.09. The zero-order valence-corrected chi connectivity index (χ0v) is 16.2. The van der Waals surface area contributed by atoms with Crippen molar-refractivity contribution in [3.05, 3.63) is 42.5 Å². The number of fused-ring (bicyclic) bond motifs is 1. The van der Waals surface area contributed by atoms with E-state index in [1.54, 1.807) is 18.4 Å². The van der Waals surface area contributed by atoms with Gasteiger partial charge in [-0.25, -0.2) is 4.98 Å². The summed E-state index contributed by atoms with van der Waals surface area (Å²) in [4.78, 5) is 16.4. The van der Waals surface area contributed by atoms with Gasteiger partial charge in [0, 0.05) is 12.0 Å². The maximum atomic E-state index is 11.7. The zero-order valence-electron chi connectivity index (χ0n) is 14.5. The number of nitrogens with one attached hydrogen (secondary N) is 2. The van der Waals surface area contributed by atoms with Crippen LogP contribution in [0.4, 0.5) is 5.69 Å². The molecule has 26 heavy (non-hydrogen) atoms. The average Bonchev–Trinajstić information content (AvgIpc) is 3.06. The molecule has 0 aliphatic carbocycles. The zero-order chi connectivity index (χ0) is 18.5. The maximum absolute atomic E-state index is 11.7. The van der Waals surface area contributed by atoms with Crippen molar-refractivity contribution in [1.29, 1.82) is 0 Å². The quantitative estimate of drug-likeness (QED) is 0.629. The molecule has 0 unspecified atom stereocenters. The number of amides is 1. The number of hydrogen-bond acceptors (Lipinski definition) is 5. The Bertz CT molecular complexity index is 920. The summed E-state index contributed by atoms with van der Waals surface area (Å²) >= 11 is 6.86. The minimum atomic E-state index is -0.105. The molecular formula is C19H19N3O2S2. The van der Waals surface area contributed by atoms with Crippen molar-refractivity contribution in [2.24, 2.45) is 0 Å². The smallest absolute Gasteiger partial charge is 0.226 e. The van der Waals surface area contributed by atoms with Crippen LogP contribution in [0.5, 0.6) is 5.75 Å². The second kappa shape index (κ2) is 8.25. The van der Waals surface area contributed by atoms with E-state index in [2.05, 4.69) is 21.7 Å². The van der Waals surface area contributed by atoms with Gasteiger partial charge in [-0.3, -0.25) is 4.79 Å². The Hall–Kier alpha value is -2.51. The van der Waals surface area contributed by atoms with E-state index in [1.165, 1.54) is 0 Å². The summed E-state index contributed by atoms with van der Waals surface area (Å²) < 4.78 is 6.53. The van der Waals surface area contributed by atoms with Crippen molar-refractivity contribution in [2.75, 3.05) is 12.4 Å². The number of para-hydroxylation sites is 1. The number of thiocarbonyl (C=S) groups is 1. The lowest BCUT2D eigenvalue weighted by molar-refractivity contribution is -0.119. The molecule has 3 aromatic rings. The van der Waals surface area contributed by atoms with E-state index in [-0.39, 0.29) is 11.0 Å². The van der Waals surface area contributed by atoms with Crippen LogP contribution < -0.4 is 15.4 Å². The number of carbonyl (C=O) groups excluding carboxylic acids is 1. The molecule has 1 amide bonds. The lowest BCUT2D eigenvalue weighted by atomic mass is 10.2. The highest BCUT2D eigenvalue weighted by Gasteiger charge is 2.12. The van der Waals surface area contributed by atoms with Gasteiger partial charge in [0.25, 0.3) is 0 Å². The highest BCUT2D eigenvalue weighted by Crippen LogP contribution is 2.34. The molecule has 7 heteroatoms. The van der Waals surface area contributed by atoms with Crippen molar-refractivity contribution in [1.82, 2.24) is 10.3 Å². The molecule has 0 spiro atoms. The van der Waals surface area contributed by atoms with Crippen LogP contribution in [0.25, 0.3) is 20.8 Å². The Morgan fingerprint density at radius 3 is 2.81 bits per heavy atom. The Labute approximate surface area is 161 Å². The molecule has 1 heterocycles. The van der Waals surface area contributed by atoms with Gasteiger partial charge in [0.05, 0.1) is 23.0 Å². The molecular weight excluding hydrogens is 366 g/mol. The molecule has 3 rings (SSSR count). The van der Waals surface area contributed by atoms with Crippen LogP contribution in [0.1, 0.15) is 19.8 Å². The minimum absolute atomic E-state index is 0.105. The van der Waals surface area contributed by atoms with Crippen molar-refractivity contribution < 1.29 is 9.53 Å². The van der Waals surface area contributed by atoms with Gasteiger partial charge in [0.1, 0.15) is 10.8 Å². The lowest BCUT2D eigenvalue weighted by Crippen LogP contribution is -2.33. The molecule has 0 bridgehead atoms. The summed E-state index contributed by atoms with van der Waals surface area (Å²) in [6.45, 7) is 1.94. The van der Waals surface area contributed by atoms with Crippen LogP contribution in [0.15, 0.2) is 42.5 Å². The van der Waals surface area contributed by atoms with E-state index < -0.39 is 0 Å². The van der Waals surface area contributed by atoms with Crippen LogP contribution in [0.2, 0.25) is 0 Å². The summed E-state index contributed by atoms with van der Waals surface area (Å²) in [6.07, 6.45) is 1.20. The molecule has 2 aromatic carbocycles. The first-order chi connectivity index (χ1) is 12.6. The van der Waals surface area contributed by atoms with Gasteiger partial charge in [-0.1, -0.05) is 19.1 Å². The largest absolute Gasteiger partial charge is 0.495 e. The predicted molar refractivity (Wildman–Crippen MR) is 111 cm³/mol. The number of methoxy groups -OCH3 is 1. The van der Waals surface area contributed by atoms with Crippen LogP contribution >= 0.6 is 23.6 Å². The van der Waals surface area contributed by atoms with Gasteiger partial charge in [-0.2, -0.15) is 0 Å². The maximum Gasteiger partial charge on any atom is 0.226 e. The summed E-state index contributed by atoms with van der Waals surface area (Å²) in [5.41, 5.74) is 2.61. The van der Waals surface area contributed by atoms with Crippen molar-refractivity contribution >= 4 is 50.5 Å². The van der Waals surface area contributed by atoms with Crippen LogP contribution in [0, 0.1) is 0 Å². The topological polar surface area (TPSA) is 63.2 Å². The molecule has 0 aliphatic heterocycles. The monoisotopic (exact) mass is 385 g/mol. The third-order valence-corrected chi connectivity index (χ3v) is 5.01. The van der Waals surface area contributed by atoms with Crippen LogP contribution in [-0.2, 0) is 4.79 Å². The third-order valence-electron chi connectivity index (χ3n) is 3.72. The minimum Gasteiger partial charge on any atom is -0.495 e. The molecule has 0 saturated carbocycles. The Morgan fingerprint density at radius 1 is 1.27 bits per heavy atom. The number of nitrogens with zero attached hydrogens (tertiary/aromatic N) is 1. The Balaban J connectivity index is 1.86. The van der Waals surface area contributed by atoms with E-state index >= 15 is 0 Å². The van der Waals surface area contributed by atoms with Crippen LogP contribution in [-0.4, -0.2) is 23.1 Å². The van der Waals surface area contributed by atoms with Gasteiger partial charge >= 0.3 is 0 Å². The van der Waals surface area contributed by atoms with Crippen LogP contribution in [0.3, 0.4) is 0 Å². The highest BCUT2D eigenvalue weighted by molar-refractivity contribution is 7.80. The number of thiazole rings is 1. The van der Waals surface area contributed by atoms with Crippen molar-refractivity contribution in [3.63, 3.8) is 0 Å². The number of carbonyl (C=O) groups is 1. The number of anilines is 1. The second-order valence-electron chi connectivity index (χ2n) is 5.65.